The second kappa shape index (κ2) is 6.30. The Labute approximate surface area is 223 Å². The van der Waals surface area contributed by atoms with E-state index in [9.17, 15) is 0 Å². The summed E-state index contributed by atoms with van der Waals surface area (Å²) in [5, 5.41) is 12.1. The Kier molecular flexibility index (Phi) is 3.22. The Balaban J connectivity index is 1.54. The molecule has 0 N–H and O–H groups in total. The maximum Gasteiger partial charge on any atom is 0.371 e. The first-order chi connectivity index (χ1) is 19.2. The molecule has 7 aromatic rings. The van der Waals surface area contributed by atoms with Crippen LogP contribution in [0.1, 0.15) is 22.3 Å². The van der Waals surface area contributed by atoms with E-state index in [1.54, 1.807) is 0 Å². The van der Waals surface area contributed by atoms with Gasteiger partial charge in [0, 0.05) is 23.1 Å². The Bertz CT molecular complexity index is 2280. The van der Waals surface area contributed by atoms with Crippen molar-refractivity contribution in [3.63, 3.8) is 0 Å². The molecule has 6 nitrogen and oxygen atoms in total. The third-order valence-electron chi connectivity index (χ3n) is 9.08. The van der Waals surface area contributed by atoms with E-state index in [1.165, 1.54) is 44.5 Å². The fourth-order valence-electron chi connectivity index (χ4n) is 7.73. The van der Waals surface area contributed by atoms with Crippen molar-refractivity contribution in [2.75, 3.05) is 0 Å². The molecule has 0 saturated carbocycles. The fourth-order valence-corrected chi connectivity index (χ4v) is 7.73. The predicted octanol–water partition coefficient (Wildman–Crippen LogP) is 5.59. The second-order valence-electron chi connectivity index (χ2n) is 10.9. The molecule has 0 aliphatic carbocycles. The van der Waals surface area contributed by atoms with Crippen LogP contribution in [0, 0.1) is 13.8 Å². The van der Waals surface area contributed by atoms with Crippen LogP contribution in [0.15, 0.2) is 91.5 Å². The first kappa shape index (κ1) is 19.9. The SMILES string of the molecule is Cc1cccc(C)c1-c1c[n+]2c3c4c5c(ccc4c4cnncc4n13)Oc1cccc3c1C52[n+]1ccccc1-3. The van der Waals surface area contributed by atoms with Gasteiger partial charge in [-0.2, -0.15) is 19.2 Å². The van der Waals surface area contributed by atoms with Crippen molar-refractivity contribution in [2.24, 2.45) is 0 Å². The molecule has 7 heterocycles. The molecule has 0 radical (unpaired) electrons. The van der Waals surface area contributed by atoms with Crippen LogP contribution in [-0.4, -0.2) is 14.6 Å². The van der Waals surface area contributed by atoms with Crippen molar-refractivity contribution in [3.8, 4) is 34.0 Å². The van der Waals surface area contributed by atoms with Crippen molar-refractivity contribution >= 4 is 27.3 Å². The maximum atomic E-state index is 6.68. The van der Waals surface area contributed by atoms with E-state index < -0.39 is 5.66 Å². The lowest BCUT2D eigenvalue weighted by atomic mass is 9.86. The topological polar surface area (TPSA) is 47.2 Å². The van der Waals surface area contributed by atoms with Crippen LogP contribution < -0.4 is 13.9 Å². The van der Waals surface area contributed by atoms with Gasteiger partial charge >= 0.3 is 11.3 Å². The van der Waals surface area contributed by atoms with Gasteiger partial charge in [0.25, 0.3) is 0 Å². The minimum Gasteiger partial charge on any atom is -0.456 e. The summed E-state index contributed by atoms with van der Waals surface area (Å²) < 4.78 is 14.0. The van der Waals surface area contributed by atoms with Gasteiger partial charge in [0.05, 0.1) is 28.7 Å². The largest absolute Gasteiger partial charge is 0.456 e. The number of fused-ring (bicyclic) bond motifs is 5. The number of rotatable bonds is 1. The zero-order valence-corrected chi connectivity index (χ0v) is 21.3. The smallest absolute Gasteiger partial charge is 0.371 e. The highest BCUT2D eigenvalue weighted by Gasteiger charge is 2.68. The number of imidazole rings is 1. The van der Waals surface area contributed by atoms with Crippen LogP contribution in [-0.2, 0) is 5.66 Å². The standard InChI is InChI=1S/C33H21N5O/c1-18-7-5-8-19(2)28(18)25-17-37-32-29-20(22-15-34-35-16-24(22)38(25)32)12-13-27-31(29)33(37)30-21(9-6-11-26(30)39-27)23-10-3-4-14-36(23)33/h3-17H,1-2H3/q+2. The molecule has 3 aliphatic rings. The van der Waals surface area contributed by atoms with Crippen LogP contribution >= 0.6 is 0 Å². The Hall–Kier alpha value is -5.10. The summed E-state index contributed by atoms with van der Waals surface area (Å²) in [5.74, 6) is 1.81. The molecule has 1 spiro atoms. The summed E-state index contributed by atoms with van der Waals surface area (Å²) in [5.41, 5.74) is 11.3. The highest BCUT2D eigenvalue weighted by atomic mass is 16.5. The van der Waals surface area contributed by atoms with Gasteiger partial charge in [0.15, 0.2) is 17.4 Å². The van der Waals surface area contributed by atoms with Crippen molar-refractivity contribution in [2.45, 2.75) is 19.5 Å². The van der Waals surface area contributed by atoms with Crippen LogP contribution in [0.2, 0.25) is 0 Å². The molecule has 0 fully saturated rings. The summed E-state index contributed by atoms with van der Waals surface area (Å²) in [6.45, 7) is 4.40. The van der Waals surface area contributed by atoms with Gasteiger partial charge in [-0.1, -0.05) is 24.3 Å². The summed E-state index contributed by atoms with van der Waals surface area (Å²) in [4.78, 5) is 0. The number of aromatic nitrogens is 5. The number of benzene rings is 3. The lowest BCUT2D eigenvalue weighted by molar-refractivity contribution is -0.950. The zero-order valence-electron chi connectivity index (χ0n) is 21.3. The summed E-state index contributed by atoms with van der Waals surface area (Å²) in [6.07, 6.45) is 8.38. The molecule has 10 rings (SSSR count). The molecule has 1 unspecified atom stereocenters. The van der Waals surface area contributed by atoms with Crippen LogP contribution in [0.5, 0.6) is 11.5 Å². The van der Waals surface area contributed by atoms with E-state index in [2.05, 4.69) is 117 Å². The van der Waals surface area contributed by atoms with Gasteiger partial charge in [0.2, 0.25) is 5.69 Å². The maximum absolute atomic E-state index is 6.68. The molecule has 0 saturated heterocycles. The number of ether oxygens (including phenoxy) is 1. The summed E-state index contributed by atoms with van der Waals surface area (Å²) >= 11 is 0. The molecule has 0 amide bonds. The third-order valence-corrected chi connectivity index (χ3v) is 9.08. The average Bonchev–Trinajstić information content (AvgIpc) is 3.59. The lowest BCUT2D eigenvalue weighted by Crippen LogP contribution is -2.71. The molecule has 1 atom stereocenters. The fraction of sp³-hybridized carbons (Fsp3) is 0.0909. The van der Waals surface area contributed by atoms with Gasteiger partial charge in [-0.25, -0.2) is 0 Å². The van der Waals surface area contributed by atoms with E-state index >= 15 is 0 Å². The van der Waals surface area contributed by atoms with Crippen LogP contribution in [0.4, 0.5) is 0 Å². The summed E-state index contributed by atoms with van der Waals surface area (Å²) in [7, 11) is 0. The first-order valence-corrected chi connectivity index (χ1v) is 13.3. The third kappa shape index (κ3) is 1.98. The molecule has 6 heteroatoms. The molecular weight excluding hydrogens is 482 g/mol. The minimum absolute atomic E-state index is 0.601. The van der Waals surface area contributed by atoms with Gasteiger partial charge in [-0.05, 0) is 55.3 Å². The molecular formula is C33H21N5O+2. The monoisotopic (exact) mass is 503 g/mol. The molecule has 3 aliphatic heterocycles. The van der Waals surface area contributed by atoms with E-state index in [0.717, 1.165) is 39.1 Å². The number of aryl methyl sites for hydroxylation is 2. The molecule has 0 bridgehead atoms. The minimum atomic E-state index is -0.601. The van der Waals surface area contributed by atoms with E-state index in [0.29, 0.717) is 0 Å². The number of hydrogen-bond acceptors (Lipinski definition) is 3. The van der Waals surface area contributed by atoms with E-state index in [4.69, 9.17) is 4.74 Å². The molecule has 182 valence electrons. The quantitative estimate of drug-likeness (QED) is 0.217. The van der Waals surface area contributed by atoms with Gasteiger partial charge in [-0.15, -0.1) is 4.57 Å². The van der Waals surface area contributed by atoms with Crippen LogP contribution in [0.25, 0.3) is 49.8 Å². The second-order valence-corrected chi connectivity index (χ2v) is 10.9. The molecule has 3 aromatic carbocycles. The van der Waals surface area contributed by atoms with Crippen molar-refractivity contribution in [1.82, 2.24) is 14.6 Å². The molecule has 39 heavy (non-hydrogen) atoms. The van der Waals surface area contributed by atoms with E-state index in [-0.39, 0.29) is 0 Å². The number of hydrogen-bond donors (Lipinski definition) is 0. The Morgan fingerprint density at radius 1 is 0.769 bits per heavy atom. The van der Waals surface area contributed by atoms with Gasteiger partial charge in [0.1, 0.15) is 28.8 Å². The molecule has 4 aromatic heterocycles. The Morgan fingerprint density at radius 3 is 2.49 bits per heavy atom. The number of nitrogens with zero attached hydrogens (tertiary/aromatic N) is 5. The first-order valence-electron chi connectivity index (χ1n) is 13.3. The van der Waals surface area contributed by atoms with Crippen molar-refractivity contribution < 1.29 is 13.9 Å². The van der Waals surface area contributed by atoms with Crippen molar-refractivity contribution in [1.29, 1.82) is 0 Å². The Morgan fingerprint density at radius 2 is 1.59 bits per heavy atom. The van der Waals surface area contributed by atoms with E-state index in [1.807, 2.05) is 12.4 Å². The van der Waals surface area contributed by atoms with Gasteiger partial charge in [-0.3, -0.25) is 0 Å². The number of pyridine rings is 2. The highest BCUT2D eigenvalue weighted by molar-refractivity contribution is 6.14. The van der Waals surface area contributed by atoms with Crippen molar-refractivity contribution in [3.05, 3.63) is 114 Å². The predicted molar refractivity (Wildman–Crippen MR) is 147 cm³/mol. The highest BCUT2D eigenvalue weighted by Crippen LogP contribution is 2.57. The normalized spacial score (nSPS) is 17.3. The summed E-state index contributed by atoms with van der Waals surface area (Å²) in [6, 6.07) is 23.8. The average molecular weight is 504 g/mol. The lowest BCUT2D eigenvalue weighted by Gasteiger charge is -2.27. The van der Waals surface area contributed by atoms with Gasteiger partial charge < -0.3 is 4.74 Å². The van der Waals surface area contributed by atoms with Crippen LogP contribution in [0.3, 0.4) is 0 Å². The zero-order chi connectivity index (χ0) is 25.6.